The van der Waals surface area contributed by atoms with Crippen LogP contribution in [-0.4, -0.2) is 44.1 Å². The van der Waals surface area contributed by atoms with Gasteiger partial charge in [-0.3, -0.25) is 18.7 Å². The number of nitrogens with zero attached hydrogens (tertiary/aromatic N) is 3. The molecule has 0 aliphatic carbocycles. The maximum atomic E-state index is 12.6. The van der Waals surface area contributed by atoms with Crippen LogP contribution in [0.2, 0.25) is 0 Å². The van der Waals surface area contributed by atoms with Gasteiger partial charge in [0.25, 0.3) is 0 Å². The van der Waals surface area contributed by atoms with Gasteiger partial charge in [0.15, 0.2) is 0 Å². The number of fused-ring (bicyclic) bond motifs is 1. The second-order valence-electron chi connectivity index (χ2n) is 6.52. The van der Waals surface area contributed by atoms with Crippen molar-refractivity contribution in [2.75, 3.05) is 13.1 Å². The van der Waals surface area contributed by atoms with Gasteiger partial charge in [-0.05, 0) is 37.8 Å². The van der Waals surface area contributed by atoms with Crippen LogP contribution in [0, 0.1) is 5.92 Å². The van der Waals surface area contributed by atoms with E-state index < -0.39 is 5.97 Å². The van der Waals surface area contributed by atoms with Crippen molar-refractivity contribution in [3.8, 4) is 0 Å². The fourth-order valence-corrected chi connectivity index (χ4v) is 3.60. The molecule has 0 spiro atoms. The van der Waals surface area contributed by atoms with E-state index in [4.69, 9.17) is 5.11 Å². The van der Waals surface area contributed by atoms with Crippen LogP contribution >= 0.6 is 0 Å². The molecule has 1 aromatic carbocycles. The Morgan fingerprint density at radius 2 is 1.72 bits per heavy atom. The lowest BCUT2D eigenvalue weighted by Crippen LogP contribution is -2.42. The summed E-state index contributed by atoms with van der Waals surface area (Å²) in [6, 6.07) is 7.49. The van der Waals surface area contributed by atoms with Crippen LogP contribution in [0.1, 0.15) is 26.2 Å². The van der Waals surface area contributed by atoms with E-state index in [1.165, 1.54) is 4.57 Å². The predicted octanol–water partition coefficient (Wildman–Crippen LogP) is 1.54. The third-order valence-electron chi connectivity index (χ3n) is 4.97. The number of hydrogen-bond donors (Lipinski definition) is 1. The zero-order chi connectivity index (χ0) is 18.0. The average Bonchev–Trinajstić information content (AvgIpc) is 2.86. The van der Waals surface area contributed by atoms with E-state index in [0.717, 1.165) is 11.0 Å². The van der Waals surface area contributed by atoms with Crippen molar-refractivity contribution in [1.82, 2.24) is 14.0 Å². The number of likely N-dealkylation sites (tertiary alicyclic amines) is 1. The first-order valence-electron chi connectivity index (χ1n) is 8.69. The number of carboxylic acids is 1. The molecule has 1 aliphatic rings. The summed E-state index contributed by atoms with van der Waals surface area (Å²) in [5.41, 5.74) is 1.43. The fourth-order valence-electron chi connectivity index (χ4n) is 3.60. The first-order valence-corrected chi connectivity index (χ1v) is 8.69. The standard InChI is InChI=1S/C18H23N3O4/c1-2-20-14-5-3-4-6-15(14)21(18(20)25)12-16(22)19-9-7-13(8-10-19)11-17(23)24/h3-6,13H,2,7-12H2,1H3,(H,23,24). The Bertz CT molecular complexity index is 844. The van der Waals surface area contributed by atoms with Crippen LogP contribution in [0.4, 0.5) is 0 Å². The van der Waals surface area contributed by atoms with Crippen LogP contribution < -0.4 is 5.69 Å². The van der Waals surface area contributed by atoms with Crippen molar-refractivity contribution in [3.63, 3.8) is 0 Å². The third kappa shape index (κ3) is 3.45. The van der Waals surface area contributed by atoms with Gasteiger partial charge in [-0.15, -0.1) is 0 Å². The Balaban J connectivity index is 1.74. The third-order valence-corrected chi connectivity index (χ3v) is 4.97. The number of carbonyl (C=O) groups excluding carboxylic acids is 1. The summed E-state index contributed by atoms with van der Waals surface area (Å²) in [4.78, 5) is 37.8. The van der Waals surface area contributed by atoms with Crippen molar-refractivity contribution in [3.05, 3.63) is 34.7 Å². The summed E-state index contributed by atoms with van der Waals surface area (Å²) in [6.07, 6.45) is 1.55. The Labute approximate surface area is 145 Å². The highest BCUT2D eigenvalue weighted by Gasteiger charge is 2.25. The number of aryl methyl sites for hydroxylation is 1. The number of amides is 1. The lowest BCUT2D eigenvalue weighted by Gasteiger charge is -2.31. The number of rotatable bonds is 5. The molecule has 25 heavy (non-hydrogen) atoms. The second kappa shape index (κ2) is 7.13. The molecular formula is C18H23N3O4. The summed E-state index contributed by atoms with van der Waals surface area (Å²) < 4.78 is 3.20. The number of aliphatic carboxylic acids is 1. The predicted molar refractivity (Wildman–Crippen MR) is 93.4 cm³/mol. The molecule has 0 saturated carbocycles. The quantitative estimate of drug-likeness (QED) is 0.891. The molecule has 0 unspecified atom stereocenters. The molecule has 0 radical (unpaired) electrons. The Hall–Kier alpha value is -2.57. The number of carboxylic acid groups (broad SMARTS) is 1. The molecule has 2 aromatic rings. The minimum absolute atomic E-state index is 0.0238. The maximum Gasteiger partial charge on any atom is 0.329 e. The highest BCUT2D eigenvalue weighted by Crippen LogP contribution is 2.21. The first-order chi connectivity index (χ1) is 12.0. The van der Waals surface area contributed by atoms with Crippen molar-refractivity contribution in [1.29, 1.82) is 0 Å². The van der Waals surface area contributed by atoms with Crippen LogP contribution in [-0.2, 0) is 22.7 Å². The summed E-state index contributed by atoms with van der Waals surface area (Å²) in [5, 5.41) is 8.87. The highest BCUT2D eigenvalue weighted by atomic mass is 16.4. The summed E-state index contributed by atoms with van der Waals surface area (Å²) >= 11 is 0. The second-order valence-corrected chi connectivity index (χ2v) is 6.52. The smallest absolute Gasteiger partial charge is 0.329 e. The lowest BCUT2D eigenvalue weighted by molar-refractivity contribution is -0.138. The monoisotopic (exact) mass is 345 g/mol. The summed E-state index contributed by atoms with van der Waals surface area (Å²) in [6.45, 7) is 3.60. The molecule has 0 atom stereocenters. The topological polar surface area (TPSA) is 84.5 Å². The molecule has 1 aromatic heterocycles. The molecule has 3 rings (SSSR count). The minimum atomic E-state index is -0.788. The van der Waals surface area contributed by atoms with E-state index in [-0.39, 0.29) is 30.5 Å². The zero-order valence-electron chi connectivity index (χ0n) is 14.4. The summed E-state index contributed by atoms with van der Waals surface area (Å²) in [7, 11) is 0. The van der Waals surface area contributed by atoms with E-state index in [1.54, 1.807) is 9.47 Å². The molecule has 7 nitrogen and oxygen atoms in total. The lowest BCUT2D eigenvalue weighted by atomic mass is 9.93. The number of hydrogen-bond acceptors (Lipinski definition) is 3. The van der Waals surface area contributed by atoms with Crippen LogP contribution in [0.3, 0.4) is 0 Å². The highest BCUT2D eigenvalue weighted by molar-refractivity contribution is 5.81. The van der Waals surface area contributed by atoms with Crippen LogP contribution in [0.5, 0.6) is 0 Å². The Morgan fingerprint density at radius 3 is 2.28 bits per heavy atom. The zero-order valence-corrected chi connectivity index (χ0v) is 14.4. The van der Waals surface area contributed by atoms with E-state index in [2.05, 4.69) is 0 Å². The number of para-hydroxylation sites is 2. The number of imidazole rings is 1. The molecule has 2 heterocycles. The molecular weight excluding hydrogens is 322 g/mol. The Kier molecular flexibility index (Phi) is 4.92. The number of piperidine rings is 1. The SMILES string of the molecule is CCn1c(=O)n(CC(=O)N2CCC(CC(=O)O)CC2)c2ccccc21. The normalized spacial score (nSPS) is 15.6. The molecule has 1 aliphatic heterocycles. The fraction of sp³-hybridized carbons (Fsp3) is 0.500. The van der Waals surface area contributed by atoms with Crippen LogP contribution in [0.15, 0.2) is 29.1 Å². The number of benzene rings is 1. The van der Waals surface area contributed by atoms with Crippen molar-refractivity contribution in [2.24, 2.45) is 5.92 Å². The number of carbonyl (C=O) groups is 2. The average molecular weight is 345 g/mol. The molecule has 134 valence electrons. The molecule has 1 fully saturated rings. The molecule has 7 heteroatoms. The van der Waals surface area contributed by atoms with E-state index in [1.807, 2.05) is 31.2 Å². The molecule has 1 N–H and O–H groups in total. The van der Waals surface area contributed by atoms with Crippen LogP contribution in [0.25, 0.3) is 11.0 Å². The molecule has 0 bridgehead atoms. The maximum absolute atomic E-state index is 12.6. The number of aromatic nitrogens is 2. The largest absolute Gasteiger partial charge is 0.481 e. The summed E-state index contributed by atoms with van der Waals surface area (Å²) in [5.74, 6) is -0.745. The van der Waals surface area contributed by atoms with Gasteiger partial charge in [0, 0.05) is 26.1 Å². The first kappa shape index (κ1) is 17.3. The van der Waals surface area contributed by atoms with Gasteiger partial charge in [0.2, 0.25) is 5.91 Å². The van der Waals surface area contributed by atoms with Gasteiger partial charge < -0.3 is 10.0 Å². The van der Waals surface area contributed by atoms with Gasteiger partial charge >= 0.3 is 11.7 Å². The van der Waals surface area contributed by atoms with Gasteiger partial charge in [-0.25, -0.2) is 4.79 Å². The van der Waals surface area contributed by atoms with Gasteiger partial charge in [0.05, 0.1) is 11.0 Å². The minimum Gasteiger partial charge on any atom is -0.481 e. The van der Waals surface area contributed by atoms with Gasteiger partial charge in [-0.1, -0.05) is 12.1 Å². The van der Waals surface area contributed by atoms with E-state index in [9.17, 15) is 14.4 Å². The van der Waals surface area contributed by atoms with Gasteiger partial charge in [-0.2, -0.15) is 0 Å². The van der Waals surface area contributed by atoms with Crippen molar-refractivity contribution >= 4 is 22.9 Å². The van der Waals surface area contributed by atoms with E-state index in [0.29, 0.717) is 32.5 Å². The van der Waals surface area contributed by atoms with Gasteiger partial charge in [0.1, 0.15) is 6.54 Å². The molecule has 1 saturated heterocycles. The Morgan fingerprint density at radius 1 is 1.12 bits per heavy atom. The van der Waals surface area contributed by atoms with E-state index >= 15 is 0 Å². The van der Waals surface area contributed by atoms with Crippen molar-refractivity contribution in [2.45, 2.75) is 39.3 Å². The van der Waals surface area contributed by atoms with Crippen molar-refractivity contribution < 1.29 is 14.7 Å². The molecule has 1 amide bonds.